The largest absolute Gasteiger partial charge is 0.392 e. The molecule has 2 atom stereocenters. The minimum Gasteiger partial charge on any atom is -0.392 e. The maximum absolute atomic E-state index is 12.0. The quantitative estimate of drug-likeness (QED) is 0.516. The van der Waals surface area contributed by atoms with E-state index in [0.29, 0.717) is 30.9 Å². The van der Waals surface area contributed by atoms with E-state index in [4.69, 9.17) is 0 Å². The molecule has 1 heterocycles. The number of hydrogen-bond donors (Lipinski definition) is 5. The van der Waals surface area contributed by atoms with Gasteiger partial charge in [-0.25, -0.2) is 4.79 Å². The van der Waals surface area contributed by atoms with E-state index in [9.17, 15) is 14.7 Å². The number of aliphatic hydroxyl groups excluding tert-OH is 1. The van der Waals surface area contributed by atoms with Gasteiger partial charge in [0.2, 0.25) is 5.91 Å². The van der Waals surface area contributed by atoms with Crippen molar-refractivity contribution in [2.75, 3.05) is 23.7 Å². The number of β-amino-alcohol motifs (C(OH)–C–C–N with tert-alkyl or cyclic N) is 1. The molecule has 1 aliphatic rings. The smallest absolute Gasteiger partial charge is 0.319 e. The summed E-state index contributed by atoms with van der Waals surface area (Å²) in [6, 6.07) is 6.09. The molecular weight excluding hydrogens is 284 g/mol. The average Bonchev–Trinajstić information content (AvgIpc) is 2.94. The lowest BCUT2D eigenvalue weighted by Crippen LogP contribution is -2.35. The minimum absolute atomic E-state index is 0.180. The van der Waals surface area contributed by atoms with Crippen molar-refractivity contribution < 1.29 is 14.7 Å². The molecule has 1 aromatic carbocycles. The Hall–Kier alpha value is -2.38. The Morgan fingerprint density at radius 1 is 1.27 bits per heavy atom. The molecule has 2 unspecified atom stereocenters. The molecule has 1 fully saturated rings. The standard InChI is InChI=1S/C15H20N4O3/c1-2-7-16-15(22)19-11-5-3-10(4-6-11)18-14(21)13-8-12(20)9-17-13/h2-6,12-13,17,20H,1,7-9H2,(H,18,21)(H2,16,19,22). The molecule has 0 spiro atoms. The van der Waals surface area contributed by atoms with Crippen molar-refractivity contribution in [3.63, 3.8) is 0 Å². The first-order valence-electron chi connectivity index (χ1n) is 7.06. The number of hydrogen-bond acceptors (Lipinski definition) is 4. The normalized spacial score (nSPS) is 20.2. The SMILES string of the molecule is C=CCNC(=O)Nc1ccc(NC(=O)C2CC(O)CN2)cc1. The van der Waals surface area contributed by atoms with Crippen LogP contribution in [0.25, 0.3) is 0 Å². The number of nitrogens with one attached hydrogen (secondary N) is 4. The van der Waals surface area contributed by atoms with Gasteiger partial charge in [0, 0.05) is 24.5 Å². The number of urea groups is 1. The van der Waals surface area contributed by atoms with Crippen LogP contribution in [0.4, 0.5) is 16.2 Å². The van der Waals surface area contributed by atoms with Gasteiger partial charge in [-0.2, -0.15) is 0 Å². The van der Waals surface area contributed by atoms with E-state index in [1.165, 1.54) is 0 Å². The highest BCUT2D eigenvalue weighted by Crippen LogP contribution is 2.15. The van der Waals surface area contributed by atoms with Crippen LogP contribution in [-0.2, 0) is 4.79 Å². The van der Waals surface area contributed by atoms with Crippen LogP contribution in [0.5, 0.6) is 0 Å². The van der Waals surface area contributed by atoms with Crippen LogP contribution in [0.2, 0.25) is 0 Å². The van der Waals surface area contributed by atoms with Gasteiger partial charge in [-0.05, 0) is 30.7 Å². The molecule has 1 aromatic rings. The van der Waals surface area contributed by atoms with Gasteiger partial charge < -0.3 is 26.4 Å². The Bertz CT molecular complexity index is 544. The number of amides is 3. The molecule has 0 aromatic heterocycles. The summed E-state index contributed by atoms with van der Waals surface area (Å²) in [5, 5.41) is 20.4. The first kappa shape index (κ1) is 16.0. The second-order valence-electron chi connectivity index (χ2n) is 5.04. The zero-order valence-electron chi connectivity index (χ0n) is 12.1. The van der Waals surface area contributed by atoms with Crippen LogP contribution < -0.4 is 21.3 Å². The third-order valence-electron chi connectivity index (χ3n) is 3.24. The Morgan fingerprint density at radius 2 is 1.91 bits per heavy atom. The predicted molar refractivity (Wildman–Crippen MR) is 84.7 cm³/mol. The molecule has 22 heavy (non-hydrogen) atoms. The van der Waals surface area contributed by atoms with E-state index < -0.39 is 6.10 Å². The van der Waals surface area contributed by atoms with E-state index in [1.54, 1.807) is 30.3 Å². The Morgan fingerprint density at radius 3 is 2.45 bits per heavy atom. The van der Waals surface area contributed by atoms with E-state index in [-0.39, 0.29) is 18.0 Å². The van der Waals surface area contributed by atoms with Gasteiger partial charge in [0.15, 0.2) is 0 Å². The first-order chi connectivity index (χ1) is 10.6. The van der Waals surface area contributed by atoms with Crippen molar-refractivity contribution in [2.45, 2.75) is 18.6 Å². The number of rotatable bonds is 5. The van der Waals surface area contributed by atoms with Gasteiger partial charge in [-0.15, -0.1) is 6.58 Å². The summed E-state index contributed by atoms with van der Waals surface area (Å²) in [6.45, 7) is 4.33. The lowest BCUT2D eigenvalue weighted by Gasteiger charge is -2.12. The second kappa shape index (κ2) is 7.58. The molecule has 0 radical (unpaired) electrons. The number of carbonyl (C=O) groups excluding carboxylic acids is 2. The summed E-state index contributed by atoms with van der Waals surface area (Å²) in [5.41, 5.74) is 1.25. The molecule has 7 nitrogen and oxygen atoms in total. The number of benzene rings is 1. The van der Waals surface area contributed by atoms with E-state index in [0.717, 1.165) is 0 Å². The van der Waals surface area contributed by atoms with Crippen LogP contribution in [-0.4, -0.2) is 42.3 Å². The van der Waals surface area contributed by atoms with Crippen LogP contribution in [0.1, 0.15) is 6.42 Å². The molecule has 0 aliphatic carbocycles. The molecule has 5 N–H and O–H groups in total. The number of anilines is 2. The summed E-state index contributed by atoms with van der Waals surface area (Å²) >= 11 is 0. The Labute approximate surface area is 128 Å². The summed E-state index contributed by atoms with van der Waals surface area (Å²) in [4.78, 5) is 23.4. The average molecular weight is 304 g/mol. The van der Waals surface area contributed by atoms with Crippen molar-refractivity contribution in [2.24, 2.45) is 0 Å². The van der Waals surface area contributed by atoms with E-state index in [2.05, 4.69) is 27.8 Å². The Balaban J connectivity index is 1.85. The van der Waals surface area contributed by atoms with Gasteiger partial charge in [0.25, 0.3) is 0 Å². The zero-order chi connectivity index (χ0) is 15.9. The van der Waals surface area contributed by atoms with Gasteiger partial charge in [0.05, 0.1) is 12.1 Å². The van der Waals surface area contributed by atoms with Gasteiger partial charge >= 0.3 is 6.03 Å². The van der Waals surface area contributed by atoms with Crippen molar-refractivity contribution in [1.29, 1.82) is 0 Å². The highest BCUT2D eigenvalue weighted by Gasteiger charge is 2.27. The van der Waals surface area contributed by atoms with Crippen LogP contribution in [0.3, 0.4) is 0 Å². The monoisotopic (exact) mass is 304 g/mol. The molecule has 0 bridgehead atoms. The second-order valence-corrected chi connectivity index (χ2v) is 5.04. The van der Waals surface area contributed by atoms with Crippen molar-refractivity contribution in [3.05, 3.63) is 36.9 Å². The molecule has 1 saturated heterocycles. The van der Waals surface area contributed by atoms with Crippen LogP contribution in [0, 0.1) is 0 Å². The molecular formula is C15H20N4O3. The predicted octanol–water partition coefficient (Wildman–Crippen LogP) is 0.655. The van der Waals surface area contributed by atoms with E-state index >= 15 is 0 Å². The van der Waals surface area contributed by atoms with Gasteiger partial charge in [-0.3, -0.25) is 4.79 Å². The molecule has 1 aliphatic heterocycles. The highest BCUT2D eigenvalue weighted by atomic mass is 16.3. The molecule has 118 valence electrons. The van der Waals surface area contributed by atoms with Crippen molar-refractivity contribution in [1.82, 2.24) is 10.6 Å². The molecule has 2 rings (SSSR count). The third kappa shape index (κ3) is 4.57. The maximum atomic E-state index is 12.0. The zero-order valence-corrected chi connectivity index (χ0v) is 12.1. The summed E-state index contributed by atoms with van der Waals surface area (Å²) in [5.74, 6) is -0.180. The first-order valence-corrected chi connectivity index (χ1v) is 7.06. The lowest BCUT2D eigenvalue weighted by atomic mass is 10.2. The fourth-order valence-electron chi connectivity index (χ4n) is 2.12. The van der Waals surface area contributed by atoms with Crippen LogP contribution in [0.15, 0.2) is 36.9 Å². The number of carbonyl (C=O) groups is 2. The fraction of sp³-hybridized carbons (Fsp3) is 0.333. The Kier molecular flexibility index (Phi) is 5.51. The maximum Gasteiger partial charge on any atom is 0.319 e. The third-order valence-corrected chi connectivity index (χ3v) is 3.24. The van der Waals surface area contributed by atoms with Crippen molar-refractivity contribution >= 4 is 23.3 Å². The molecule has 7 heteroatoms. The molecule has 0 saturated carbocycles. The molecule has 3 amide bonds. The van der Waals surface area contributed by atoms with Gasteiger partial charge in [0.1, 0.15) is 0 Å². The number of aliphatic hydroxyl groups is 1. The topological polar surface area (TPSA) is 102 Å². The lowest BCUT2D eigenvalue weighted by molar-refractivity contribution is -0.117. The minimum atomic E-state index is -0.476. The summed E-state index contributed by atoms with van der Waals surface area (Å²) < 4.78 is 0. The highest BCUT2D eigenvalue weighted by molar-refractivity contribution is 5.95. The fourth-order valence-corrected chi connectivity index (χ4v) is 2.12. The summed E-state index contributed by atoms with van der Waals surface area (Å²) in [7, 11) is 0. The summed E-state index contributed by atoms with van der Waals surface area (Å²) in [6.07, 6.45) is 1.53. The van der Waals surface area contributed by atoms with Gasteiger partial charge in [-0.1, -0.05) is 6.08 Å². The van der Waals surface area contributed by atoms with Crippen LogP contribution >= 0.6 is 0 Å². The van der Waals surface area contributed by atoms with Crippen molar-refractivity contribution in [3.8, 4) is 0 Å². The van der Waals surface area contributed by atoms with E-state index in [1.807, 2.05) is 0 Å².